The van der Waals surface area contributed by atoms with Gasteiger partial charge in [-0.05, 0) is 51.7 Å². The Morgan fingerprint density at radius 1 is 1.16 bits per heavy atom. The topological polar surface area (TPSA) is 66.9 Å². The van der Waals surface area contributed by atoms with Gasteiger partial charge in [-0.25, -0.2) is 4.79 Å². The van der Waals surface area contributed by atoms with Crippen molar-refractivity contribution in [2.24, 2.45) is 5.92 Å². The van der Waals surface area contributed by atoms with E-state index in [1.54, 1.807) is 29.2 Å². The Hall–Kier alpha value is -2.37. The summed E-state index contributed by atoms with van der Waals surface area (Å²) in [7, 11) is 0. The second kappa shape index (κ2) is 5.07. The number of carbonyl (C=O) groups excluding carboxylic acids is 3. The van der Waals surface area contributed by atoms with E-state index in [4.69, 9.17) is 4.74 Å². The molecule has 0 unspecified atom stereocenters. The second-order valence-electron chi connectivity index (χ2n) is 8.33. The number of ether oxygens (including phenoxy) is 1. The minimum Gasteiger partial charge on any atom is -0.444 e. The molecule has 3 aliphatic heterocycles. The first-order chi connectivity index (χ1) is 11.7. The Kier molecular flexibility index (Phi) is 3.27. The maximum atomic E-state index is 12.6. The van der Waals surface area contributed by atoms with E-state index in [2.05, 4.69) is 0 Å². The van der Waals surface area contributed by atoms with Crippen LogP contribution >= 0.6 is 0 Å². The Balaban J connectivity index is 1.56. The maximum absolute atomic E-state index is 12.6. The van der Waals surface area contributed by atoms with Crippen LogP contribution < -0.4 is 0 Å². The molecule has 3 heterocycles. The molecule has 6 heteroatoms. The van der Waals surface area contributed by atoms with Gasteiger partial charge in [-0.3, -0.25) is 14.5 Å². The Morgan fingerprint density at radius 2 is 1.72 bits per heavy atom. The molecular weight excluding hydrogens is 320 g/mol. The highest BCUT2D eigenvalue weighted by molar-refractivity contribution is 6.21. The molecule has 1 aliphatic carbocycles. The summed E-state index contributed by atoms with van der Waals surface area (Å²) in [6.45, 7) is 6.39. The SMILES string of the molecule is CC(C)(C)OC(=O)N1CC2CC1(CN1C(=O)c3ccccc3C1=O)C2. The van der Waals surface area contributed by atoms with E-state index in [0.29, 0.717) is 23.6 Å². The number of amides is 3. The average molecular weight is 342 g/mol. The summed E-state index contributed by atoms with van der Waals surface area (Å²) in [5.41, 5.74) is -0.149. The third kappa shape index (κ3) is 2.42. The van der Waals surface area contributed by atoms with Crippen LogP contribution in [0.4, 0.5) is 4.79 Å². The van der Waals surface area contributed by atoms with Crippen molar-refractivity contribution in [2.75, 3.05) is 13.1 Å². The average Bonchev–Trinajstić information content (AvgIpc) is 3.11. The quantitative estimate of drug-likeness (QED) is 0.775. The minimum atomic E-state index is -0.569. The third-order valence-electron chi connectivity index (χ3n) is 5.30. The summed E-state index contributed by atoms with van der Waals surface area (Å²) in [5.74, 6) is -0.105. The van der Waals surface area contributed by atoms with Crippen LogP contribution in [0.15, 0.2) is 24.3 Å². The zero-order chi connectivity index (χ0) is 18.0. The molecule has 0 radical (unpaired) electrons. The lowest BCUT2D eigenvalue weighted by atomic mass is 9.73. The number of benzene rings is 1. The fraction of sp³-hybridized carbons (Fsp3) is 0.526. The molecule has 1 aromatic rings. The zero-order valence-corrected chi connectivity index (χ0v) is 14.7. The van der Waals surface area contributed by atoms with Crippen molar-refractivity contribution in [2.45, 2.75) is 44.8 Å². The second-order valence-corrected chi connectivity index (χ2v) is 8.33. The van der Waals surface area contributed by atoms with Gasteiger partial charge in [0.2, 0.25) is 0 Å². The molecule has 3 amide bonds. The lowest BCUT2D eigenvalue weighted by Crippen LogP contribution is -2.57. The van der Waals surface area contributed by atoms with Crippen molar-refractivity contribution in [3.05, 3.63) is 35.4 Å². The molecule has 1 aromatic carbocycles. The van der Waals surface area contributed by atoms with Crippen LogP contribution in [0.1, 0.15) is 54.3 Å². The van der Waals surface area contributed by atoms with Crippen molar-refractivity contribution in [3.63, 3.8) is 0 Å². The number of carbonyl (C=O) groups is 3. The van der Waals surface area contributed by atoms with Gasteiger partial charge >= 0.3 is 6.09 Å². The Labute approximate surface area is 146 Å². The van der Waals surface area contributed by atoms with Gasteiger partial charge in [0.15, 0.2) is 0 Å². The summed E-state index contributed by atoms with van der Waals surface area (Å²) in [5, 5.41) is 0. The molecule has 25 heavy (non-hydrogen) atoms. The lowest BCUT2D eigenvalue weighted by Gasteiger charge is -2.43. The number of fused-ring (bicyclic) bond motifs is 2. The number of rotatable bonds is 2. The highest BCUT2D eigenvalue weighted by atomic mass is 16.6. The highest BCUT2D eigenvalue weighted by Crippen LogP contribution is 2.51. The monoisotopic (exact) mass is 342 g/mol. The zero-order valence-electron chi connectivity index (χ0n) is 14.7. The molecule has 1 saturated carbocycles. The van der Waals surface area contributed by atoms with Crippen molar-refractivity contribution in [3.8, 4) is 0 Å². The van der Waals surface area contributed by atoms with Crippen LogP contribution in [0.5, 0.6) is 0 Å². The first-order valence-electron chi connectivity index (χ1n) is 8.66. The van der Waals surface area contributed by atoms with E-state index in [1.807, 2.05) is 20.8 Å². The molecule has 3 fully saturated rings. The summed E-state index contributed by atoms with van der Waals surface area (Å²) in [6, 6.07) is 6.87. The fourth-order valence-electron chi connectivity index (χ4n) is 4.29. The Bertz CT molecular complexity index is 739. The van der Waals surface area contributed by atoms with Crippen LogP contribution in [0.3, 0.4) is 0 Å². The molecule has 0 N–H and O–H groups in total. The predicted molar refractivity (Wildman–Crippen MR) is 90.2 cm³/mol. The molecule has 0 atom stereocenters. The van der Waals surface area contributed by atoms with Gasteiger partial charge in [0, 0.05) is 6.54 Å². The first-order valence-corrected chi connectivity index (χ1v) is 8.66. The summed E-state index contributed by atoms with van der Waals surface area (Å²) >= 11 is 0. The van der Waals surface area contributed by atoms with Gasteiger partial charge in [0.1, 0.15) is 5.60 Å². The summed E-state index contributed by atoms with van der Waals surface area (Å²) in [4.78, 5) is 40.9. The molecule has 2 saturated heterocycles. The molecule has 0 aromatic heterocycles. The van der Waals surface area contributed by atoms with E-state index in [-0.39, 0.29) is 24.5 Å². The van der Waals surface area contributed by atoms with Gasteiger partial charge in [0.05, 0.1) is 23.2 Å². The molecule has 132 valence electrons. The standard InChI is InChI=1S/C19H22N2O4/c1-18(2,3)25-17(24)21-10-12-8-19(21,9-12)11-20-15(22)13-6-4-5-7-14(13)16(20)23/h4-7,12H,8-11H2,1-3H3. The van der Waals surface area contributed by atoms with Gasteiger partial charge in [0.25, 0.3) is 11.8 Å². The Morgan fingerprint density at radius 3 is 2.24 bits per heavy atom. The van der Waals surface area contributed by atoms with Crippen LogP contribution in [0, 0.1) is 5.92 Å². The number of hydrogen-bond acceptors (Lipinski definition) is 4. The van der Waals surface area contributed by atoms with Gasteiger partial charge < -0.3 is 9.64 Å². The van der Waals surface area contributed by atoms with Gasteiger partial charge in [-0.15, -0.1) is 0 Å². The minimum absolute atomic E-state index is 0.245. The molecule has 6 nitrogen and oxygen atoms in total. The van der Waals surface area contributed by atoms with E-state index in [0.717, 1.165) is 12.8 Å². The third-order valence-corrected chi connectivity index (χ3v) is 5.30. The van der Waals surface area contributed by atoms with Crippen molar-refractivity contribution >= 4 is 17.9 Å². The molecule has 5 rings (SSSR count). The molecule has 2 bridgehead atoms. The van der Waals surface area contributed by atoms with E-state index >= 15 is 0 Å². The largest absolute Gasteiger partial charge is 0.444 e. The number of nitrogens with zero attached hydrogens (tertiary/aromatic N) is 2. The normalized spacial score (nSPS) is 27.4. The van der Waals surface area contributed by atoms with Crippen LogP contribution in [-0.4, -0.2) is 51.9 Å². The molecule has 4 aliphatic rings. The van der Waals surface area contributed by atoms with Gasteiger partial charge in [-0.1, -0.05) is 12.1 Å². The van der Waals surface area contributed by atoms with Gasteiger partial charge in [-0.2, -0.15) is 0 Å². The number of imide groups is 1. The highest BCUT2D eigenvalue weighted by Gasteiger charge is 2.60. The van der Waals surface area contributed by atoms with Crippen LogP contribution in [0.2, 0.25) is 0 Å². The predicted octanol–water partition coefficient (Wildman–Crippen LogP) is 2.68. The lowest BCUT2D eigenvalue weighted by molar-refractivity contribution is -0.000873. The summed E-state index contributed by atoms with van der Waals surface area (Å²) < 4.78 is 5.52. The van der Waals surface area contributed by atoms with Crippen molar-refractivity contribution in [1.82, 2.24) is 9.80 Å². The van der Waals surface area contributed by atoms with E-state index in [9.17, 15) is 14.4 Å². The fourth-order valence-corrected chi connectivity index (χ4v) is 4.29. The van der Waals surface area contributed by atoms with E-state index in [1.165, 1.54) is 4.90 Å². The smallest absolute Gasteiger partial charge is 0.410 e. The molecule has 0 spiro atoms. The van der Waals surface area contributed by atoms with Crippen molar-refractivity contribution < 1.29 is 19.1 Å². The van der Waals surface area contributed by atoms with Crippen LogP contribution in [-0.2, 0) is 4.74 Å². The van der Waals surface area contributed by atoms with Crippen molar-refractivity contribution in [1.29, 1.82) is 0 Å². The summed E-state index contributed by atoms with van der Waals surface area (Å²) in [6.07, 6.45) is 1.28. The number of hydrogen-bond donors (Lipinski definition) is 0. The maximum Gasteiger partial charge on any atom is 0.410 e. The van der Waals surface area contributed by atoms with Crippen LogP contribution in [0.25, 0.3) is 0 Å². The first kappa shape index (κ1) is 16.1. The van der Waals surface area contributed by atoms with E-state index < -0.39 is 11.1 Å². The molecular formula is C19H22N2O4.